The fourth-order valence-electron chi connectivity index (χ4n) is 3.69. The summed E-state index contributed by atoms with van der Waals surface area (Å²) in [6.45, 7) is 3.47. The van der Waals surface area contributed by atoms with Crippen LogP contribution >= 0.6 is 43.6 Å². The molecule has 2 aromatic carbocycles. The lowest BCUT2D eigenvalue weighted by atomic mass is 10.0. The summed E-state index contributed by atoms with van der Waals surface area (Å²) in [5.41, 5.74) is 2.36. The normalized spacial score (nSPS) is 14.7. The summed E-state index contributed by atoms with van der Waals surface area (Å²) in [5.74, 6) is 0.803. The van der Waals surface area contributed by atoms with Crippen LogP contribution < -0.4 is 19.4 Å². The average Bonchev–Trinajstić information content (AvgIpc) is 2.72. The molecule has 3 aromatic rings. The third kappa shape index (κ3) is 3.81. The van der Waals surface area contributed by atoms with E-state index in [4.69, 9.17) is 4.74 Å². The van der Waals surface area contributed by atoms with Crippen molar-refractivity contribution in [2.45, 2.75) is 25.2 Å². The van der Waals surface area contributed by atoms with Crippen LogP contribution in [-0.2, 0) is 4.79 Å². The highest BCUT2D eigenvalue weighted by molar-refractivity contribution is 9.11. The predicted octanol–water partition coefficient (Wildman–Crippen LogP) is 4.06. The van der Waals surface area contributed by atoms with Gasteiger partial charge in [0.05, 0.1) is 33.2 Å². The molecule has 0 radical (unpaired) electrons. The first-order valence-electron chi connectivity index (χ1n) is 9.43. The fraction of sp³-hybridized carbons (Fsp3) is 0.238. The van der Waals surface area contributed by atoms with Gasteiger partial charge in [0.15, 0.2) is 0 Å². The van der Waals surface area contributed by atoms with Crippen molar-refractivity contribution in [2.75, 3.05) is 17.8 Å². The molecule has 2 heterocycles. The van der Waals surface area contributed by atoms with Crippen molar-refractivity contribution in [3.8, 4) is 22.9 Å². The van der Waals surface area contributed by atoms with Crippen molar-refractivity contribution in [1.29, 1.82) is 0 Å². The zero-order chi connectivity index (χ0) is 22.3. The molecular formula is C21H18Br2N4O3S. The number of aromatic nitrogens is 3. The Bertz CT molecular complexity index is 1170. The molecule has 1 unspecified atom stereocenters. The molecule has 1 aliphatic rings. The Balaban J connectivity index is 2.06. The number of hydrogen-bond donors (Lipinski definition) is 0. The first-order chi connectivity index (χ1) is 14.9. The summed E-state index contributed by atoms with van der Waals surface area (Å²) in [6, 6.07) is 11.0. The number of fused-ring (bicyclic) bond motifs is 3. The van der Waals surface area contributed by atoms with E-state index in [0.29, 0.717) is 36.8 Å². The second kappa shape index (κ2) is 8.76. The first kappa shape index (κ1) is 22.0. The monoisotopic (exact) mass is 564 g/mol. The lowest BCUT2D eigenvalue weighted by molar-refractivity contribution is -0.764. The second-order valence-corrected chi connectivity index (χ2v) is 9.66. The van der Waals surface area contributed by atoms with Gasteiger partial charge in [0, 0.05) is 17.6 Å². The number of ether oxygens (including phenoxy) is 1. The molecule has 0 N–H and O–H groups in total. The van der Waals surface area contributed by atoms with Gasteiger partial charge in [-0.3, -0.25) is 4.79 Å². The van der Waals surface area contributed by atoms with Crippen LogP contribution in [0.2, 0.25) is 0 Å². The van der Waals surface area contributed by atoms with Crippen molar-refractivity contribution in [3.05, 3.63) is 50.9 Å². The number of amides is 1. The van der Waals surface area contributed by atoms with Crippen molar-refractivity contribution >= 4 is 55.2 Å². The van der Waals surface area contributed by atoms with Crippen molar-refractivity contribution in [3.63, 3.8) is 0 Å². The van der Waals surface area contributed by atoms with E-state index >= 15 is 0 Å². The summed E-state index contributed by atoms with van der Waals surface area (Å²) >= 11 is 8.46. The number of halogens is 2. The molecule has 1 aliphatic heterocycles. The Morgan fingerprint density at radius 3 is 2.58 bits per heavy atom. The number of hydrogen-bond acceptors (Lipinski definition) is 6. The Kier molecular flexibility index (Phi) is 6.23. The smallest absolute Gasteiger partial charge is 0.293 e. The van der Waals surface area contributed by atoms with Gasteiger partial charge in [0.25, 0.3) is 17.0 Å². The van der Waals surface area contributed by atoms with Crippen LogP contribution in [0.15, 0.2) is 50.5 Å². The second-order valence-electron chi connectivity index (χ2n) is 6.72. The summed E-state index contributed by atoms with van der Waals surface area (Å²) in [5, 5.41) is 18.1. The molecule has 1 atom stereocenters. The third-order valence-electron chi connectivity index (χ3n) is 4.85. The maximum atomic E-state index is 13.1. The van der Waals surface area contributed by atoms with Crippen LogP contribution in [-0.4, -0.2) is 28.9 Å². The summed E-state index contributed by atoms with van der Waals surface area (Å²) in [7, 11) is 1.58. The zero-order valence-corrected chi connectivity index (χ0v) is 20.9. The Morgan fingerprint density at radius 1 is 1.29 bits per heavy atom. The lowest BCUT2D eigenvalue weighted by Gasteiger charge is -2.33. The molecular weight excluding hydrogens is 548 g/mol. The first-order valence-corrected chi connectivity index (χ1v) is 12.0. The van der Waals surface area contributed by atoms with Crippen molar-refractivity contribution < 1.29 is 19.3 Å². The molecule has 0 aliphatic carbocycles. The van der Waals surface area contributed by atoms with Gasteiger partial charge in [0.1, 0.15) is 5.75 Å². The van der Waals surface area contributed by atoms with E-state index < -0.39 is 6.17 Å². The maximum absolute atomic E-state index is 13.1. The fourth-order valence-corrected chi connectivity index (χ4v) is 5.79. The molecule has 7 nitrogen and oxygen atoms in total. The highest BCUT2D eigenvalue weighted by Gasteiger charge is 2.44. The number of carbonyl (C=O) groups is 1. The molecule has 0 saturated heterocycles. The van der Waals surface area contributed by atoms with Crippen molar-refractivity contribution in [1.82, 2.24) is 10.1 Å². The molecule has 0 fully saturated rings. The van der Waals surface area contributed by atoms with Gasteiger partial charge in [-0.25, -0.2) is 9.88 Å². The number of nitrogens with zero attached hydrogens (tertiary/aromatic N) is 4. The highest BCUT2D eigenvalue weighted by Crippen LogP contribution is 2.43. The van der Waals surface area contributed by atoms with E-state index in [1.54, 1.807) is 16.7 Å². The van der Waals surface area contributed by atoms with Gasteiger partial charge in [-0.1, -0.05) is 35.5 Å². The van der Waals surface area contributed by atoms with E-state index in [1.807, 2.05) is 43.3 Å². The van der Waals surface area contributed by atoms with E-state index in [9.17, 15) is 9.90 Å². The predicted molar refractivity (Wildman–Crippen MR) is 123 cm³/mol. The Labute approximate surface area is 200 Å². The molecule has 10 heteroatoms. The molecule has 1 aromatic heterocycles. The lowest BCUT2D eigenvalue weighted by Crippen LogP contribution is -2.58. The van der Waals surface area contributed by atoms with Crippen LogP contribution in [0.25, 0.3) is 11.3 Å². The number of benzene rings is 2. The van der Waals surface area contributed by atoms with E-state index in [2.05, 4.69) is 41.9 Å². The van der Waals surface area contributed by atoms with E-state index in [-0.39, 0.29) is 11.8 Å². The topological polar surface area (TPSA) is 82.3 Å². The maximum Gasteiger partial charge on any atom is 0.293 e. The molecule has 0 saturated carbocycles. The van der Waals surface area contributed by atoms with Gasteiger partial charge in [-0.05, 0) is 61.9 Å². The van der Waals surface area contributed by atoms with Crippen LogP contribution in [0.5, 0.6) is 11.6 Å². The number of carbonyl (C=O) groups excluding carboxylic acids is 1. The van der Waals surface area contributed by atoms with Gasteiger partial charge in [0.2, 0.25) is 5.91 Å². The number of thioether (sulfide) groups is 1. The third-order valence-corrected chi connectivity index (χ3v) is 6.75. The number of methoxy groups -OCH3 is 1. The molecule has 1 amide bonds. The van der Waals surface area contributed by atoms with Gasteiger partial charge in [-0.15, -0.1) is 0 Å². The van der Waals surface area contributed by atoms with Crippen LogP contribution in [0, 0.1) is 0 Å². The van der Waals surface area contributed by atoms with E-state index in [1.165, 1.54) is 18.7 Å². The van der Waals surface area contributed by atoms with Crippen LogP contribution in [0.3, 0.4) is 0 Å². The van der Waals surface area contributed by atoms with Crippen LogP contribution in [0.1, 0.15) is 25.6 Å². The molecule has 0 spiro atoms. The quantitative estimate of drug-likeness (QED) is 0.350. The average molecular weight is 566 g/mol. The van der Waals surface area contributed by atoms with E-state index in [0.717, 1.165) is 11.3 Å². The minimum absolute atomic E-state index is 0.172. The zero-order valence-electron chi connectivity index (χ0n) is 16.9. The molecule has 0 bridgehead atoms. The van der Waals surface area contributed by atoms with Crippen molar-refractivity contribution in [2.24, 2.45) is 0 Å². The minimum atomic E-state index is -0.673. The standard InChI is InChI=1S/C21H18Br2N4O3S/c1-4-31-21-24-19(29)17-13-7-5-6-8-16(13)26(11(2)28)20(27(17)25-21)12-9-14(22)18(30-3)15(23)10-12/h5-10,20H,4H2,1-3H3. The van der Waals surface area contributed by atoms with Crippen LogP contribution in [0.4, 0.5) is 5.69 Å². The number of para-hydroxylation sites is 1. The number of rotatable bonds is 4. The summed E-state index contributed by atoms with van der Waals surface area (Å²) in [6.07, 6.45) is -0.673. The van der Waals surface area contributed by atoms with Gasteiger partial charge < -0.3 is 9.84 Å². The summed E-state index contributed by atoms with van der Waals surface area (Å²) < 4.78 is 8.46. The molecule has 160 valence electrons. The molecule has 31 heavy (non-hydrogen) atoms. The highest BCUT2D eigenvalue weighted by atomic mass is 79.9. The molecule has 4 rings (SSSR count). The Hall–Kier alpha value is -2.17. The SMILES string of the molecule is CCSc1nc([O-])c2[n+](n1)C(c1cc(Br)c(OC)c(Br)c1)N(C(C)=O)c1ccccc1-2. The minimum Gasteiger partial charge on any atom is -0.854 e. The van der Waals surface area contributed by atoms with Gasteiger partial charge in [-0.2, -0.15) is 0 Å². The van der Waals surface area contributed by atoms with Gasteiger partial charge >= 0.3 is 0 Å². The summed E-state index contributed by atoms with van der Waals surface area (Å²) in [4.78, 5) is 18.7. The number of anilines is 1. The largest absolute Gasteiger partial charge is 0.854 e. The Morgan fingerprint density at radius 2 is 1.97 bits per heavy atom.